The van der Waals surface area contributed by atoms with E-state index in [4.69, 9.17) is 0 Å². The molecule has 4 nitrogen and oxygen atoms in total. The molecule has 1 atom stereocenters. The molecule has 0 spiro atoms. The van der Waals surface area contributed by atoms with Gasteiger partial charge in [-0.3, -0.25) is 0 Å². The SMILES string of the molecule is CCCN1C(c2ccccc2)=C[C@H](c2ccccc2)n2ncnc21. The molecular formula is C20H20N4. The second-order valence-corrected chi connectivity index (χ2v) is 5.93. The molecule has 1 aromatic heterocycles. The molecule has 120 valence electrons. The summed E-state index contributed by atoms with van der Waals surface area (Å²) in [5, 5.41) is 4.49. The maximum absolute atomic E-state index is 4.55. The van der Waals surface area contributed by atoms with Crippen molar-refractivity contribution < 1.29 is 0 Å². The topological polar surface area (TPSA) is 34.0 Å². The van der Waals surface area contributed by atoms with Crippen molar-refractivity contribution in [3.63, 3.8) is 0 Å². The van der Waals surface area contributed by atoms with E-state index in [1.807, 2.05) is 16.8 Å². The molecule has 0 radical (unpaired) electrons. The van der Waals surface area contributed by atoms with Crippen molar-refractivity contribution in [2.45, 2.75) is 19.4 Å². The van der Waals surface area contributed by atoms with Gasteiger partial charge in [-0.2, -0.15) is 10.1 Å². The van der Waals surface area contributed by atoms with E-state index >= 15 is 0 Å². The van der Waals surface area contributed by atoms with Gasteiger partial charge in [0.15, 0.2) is 0 Å². The molecule has 0 unspecified atom stereocenters. The van der Waals surface area contributed by atoms with E-state index in [0.29, 0.717) is 0 Å². The first-order valence-corrected chi connectivity index (χ1v) is 8.37. The number of nitrogens with zero attached hydrogens (tertiary/aromatic N) is 4. The van der Waals surface area contributed by atoms with Crippen LogP contribution >= 0.6 is 0 Å². The van der Waals surface area contributed by atoms with Crippen LogP contribution in [0.2, 0.25) is 0 Å². The Morgan fingerprint density at radius 3 is 2.38 bits per heavy atom. The lowest BCUT2D eigenvalue weighted by Crippen LogP contribution is -2.32. The molecule has 0 fully saturated rings. The Bertz CT molecular complexity index is 836. The van der Waals surface area contributed by atoms with Crippen LogP contribution < -0.4 is 4.90 Å². The fraction of sp³-hybridized carbons (Fsp3) is 0.200. The van der Waals surface area contributed by atoms with Crippen LogP contribution in [-0.4, -0.2) is 21.3 Å². The smallest absolute Gasteiger partial charge is 0.229 e. The zero-order chi connectivity index (χ0) is 16.4. The molecule has 0 saturated heterocycles. The van der Waals surface area contributed by atoms with Crippen molar-refractivity contribution in [1.82, 2.24) is 14.8 Å². The van der Waals surface area contributed by atoms with E-state index in [9.17, 15) is 0 Å². The Morgan fingerprint density at radius 2 is 1.67 bits per heavy atom. The van der Waals surface area contributed by atoms with Crippen LogP contribution in [0.15, 0.2) is 73.1 Å². The van der Waals surface area contributed by atoms with Crippen molar-refractivity contribution in [3.05, 3.63) is 84.2 Å². The van der Waals surface area contributed by atoms with E-state index in [0.717, 1.165) is 18.9 Å². The number of fused-ring (bicyclic) bond motifs is 1. The van der Waals surface area contributed by atoms with Crippen molar-refractivity contribution in [2.24, 2.45) is 0 Å². The van der Waals surface area contributed by atoms with Crippen molar-refractivity contribution >= 4 is 11.6 Å². The van der Waals surface area contributed by atoms with Crippen LogP contribution in [0.25, 0.3) is 5.70 Å². The summed E-state index contributed by atoms with van der Waals surface area (Å²) in [5.41, 5.74) is 3.63. The fourth-order valence-electron chi connectivity index (χ4n) is 3.24. The summed E-state index contributed by atoms with van der Waals surface area (Å²) in [7, 11) is 0. The predicted octanol–water partition coefficient (Wildman–Crippen LogP) is 4.14. The van der Waals surface area contributed by atoms with E-state index in [1.165, 1.54) is 16.8 Å². The van der Waals surface area contributed by atoms with Crippen molar-refractivity contribution in [2.75, 3.05) is 11.4 Å². The first-order chi connectivity index (χ1) is 11.9. The van der Waals surface area contributed by atoms with Gasteiger partial charge in [0.25, 0.3) is 0 Å². The standard InChI is InChI=1S/C20H20N4/c1-2-13-23-18(16-9-5-3-6-10-16)14-19(17-11-7-4-8-12-17)24-20(23)21-15-22-24/h3-12,14-15,19H,2,13H2,1H3/t19-/m1/s1. The van der Waals surface area contributed by atoms with Gasteiger partial charge in [-0.15, -0.1) is 0 Å². The predicted molar refractivity (Wildman–Crippen MR) is 96.7 cm³/mol. The minimum atomic E-state index is 0.0620. The molecule has 2 aromatic carbocycles. The van der Waals surface area contributed by atoms with Crippen molar-refractivity contribution in [3.8, 4) is 0 Å². The molecule has 0 N–H and O–H groups in total. The highest BCUT2D eigenvalue weighted by Gasteiger charge is 2.28. The molecule has 0 amide bonds. The third-order valence-corrected chi connectivity index (χ3v) is 4.32. The molecule has 3 aromatic rings. The molecule has 1 aliphatic rings. The Kier molecular flexibility index (Phi) is 3.87. The molecule has 4 rings (SSSR count). The van der Waals surface area contributed by atoms with E-state index in [1.54, 1.807) is 6.33 Å². The number of anilines is 1. The van der Waals surface area contributed by atoms with Gasteiger partial charge in [0.05, 0.1) is 0 Å². The maximum atomic E-state index is 4.55. The number of benzene rings is 2. The highest BCUT2D eigenvalue weighted by atomic mass is 15.5. The number of hydrogen-bond donors (Lipinski definition) is 0. The third kappa shape index (κ3) is 2.50. The van der Waals surface area contributed by atoms with Crippen LogP contribution in [0.4, 0.5) is 5.95 Å². The Morgan fingerprint density at radius 1 is 0.958 bits per heavy atom. The van der Waals surface area contributed by atoms with Gasteiger partial charge >= 0.3 is 0 Å². The van der Waals surface area contributed by atoms with Crippen molar-refractivity contribution in [1.29, 1.82) is 0 Å². The zero-order valence-electron chi connectivity index (χ0n) is 13.7. The van der Waals surface area contributed by atoms with Crippen LogP contribution in [0.5, 0.6) is 0 Å². The summed E-state index contributed by atoms with van der Waals surface area (Å²) >= 11 is 0. The lowest BCUT2D eigenvalue weighted by atomic mass is 10.0. The van der Waals surface area contributed by atoms with Gasteiger partial charge in [0.1, 0.15) is 12.4 Å². The van der Waals surface area contributed by atoms with E-state index in [2.05, 4.69) is 76.5 Å². The number of hydrogen-bond acceptors (Lipinski definition) is 3. The molecular weight excluding hydrogens is 296 g/mol. The lowest BCUT2D eigenvalue weighted by molar-refractivity contribution is 0.590. The average Bonchev–Trinajstić information content (AvgIpc) is 3.13. The molecule has 0 saturated carbocycles. The van der Waals surface area contributed by atoms with Crippen LogP contribution in [-0.2, 0) is 0 Å². The molecule has 1 aliphatic heterocycles. The van der Waals surface area contributed by atoms with Gasteiger partial charge < -0.3 is 4.90 Å². The molecule has 0 bridgehead atoms. The van der Waals surface area contributed by atoms with Gasteiger partial charge in [-0.25, -0.2) is 4.68 Å². The van der Waals surface area contributed by atoms with Gasteiger partial charge in [-0.05, 0) is 23.6 Å². The van der Waals surface area contributed by atoms with Gasteiger partial charge in [0.2, 0.25) is 5.95 Å². The van der Waals surface area contributed by atoms with E-state index < -0.39 is 0 Å². The number of aromatic nitrogens is 3. The summed E-state index contributed by atoms with van der Waals surface area (Å²) in [5.74, 6) is 0.909. The zero-order valence-corrected chi connectivity index (χ0v) is 13.7. The lowest BCUT2D eigenvalue weighted by Gasteiger charge is -2.33. The normalized spacial score (nSPS) is 16.6. The highest BCUT2D eigenvalue weighted by Crippen LogP contribution is 2.36. The molecule has 2 heterocycles. The van der Waals surface area contributed by atoms with Crippen LogP contribution in [0, 0.1) is 0 Å². The Hall–Kier alpha value is -2.88. The van der Waals surface area contributed by atoms with E-state index in [-0.39, 0.29) is 6.04 Å². The molecule has 24 heavy (non-hydrogen) atoms. The third-order valence-electron chi connectivity index (χ3n) is 4.32. The summed E-state index contributed by atoms with van der Waals surface area (Å²) in [6.07, 6.45) is 4.99. The number of rotatable bonds is 4. The second kappa shape index (κ2) is 6.32. The quantitative estimate of drug-likeness (QED) is 0.725. The average molecular weight is 316 g/mol. The maximum Gasteiger partial charge on any atom is 0.229 e. The monoisotopic (exact) mass is 316 g/mol. The summed E-state index contributed by atoms with van der Waals surface area (Å²) in [6.45, 7) is 3.10. The van der Waals surface area contributed by atoms with Gasteiger partial charge in [0, 0.05) is 12.2 Å². The Balaban J connectivity index is 1.87. The van der Waals surface area contributed by atoms with Crippen LogP contribution in [0.1, 0.15) is 30.5 Å². The van der Waals surface area contributed by atoms with Gasteiger partial charge in [-0.1, -0.05) is 67.6 Å². The molecule has 0 aliphatic carbocycles. The second-order valence-electron chi connectivity index (χ2n) is 5.93. The Labute approximate surface area is 142 Å². The minimum absolute atomic E-state index is 0.0620. The largest absolute Gasteiger partial charge is 0.310 e. The number of allylic oxidation sites excluding steroid dienone is 1. The fourth-order valence-corrected chi connectivity index (χ4v) is 3.24. The summed E-state index contributed by atoms with van der Waals surface area (Å²) in [6, 6.07) is 21.1. The first kappa shape index (κ1) is 14.7. The summed E-state index contributed by atoms with van der Waals surface area (Å²) in [4.78, 5) is 6.81. The first-order valence-electron chi connectivity index (χ1n) is 8.37. The minimum Gasteiger partial charge on any atom is -0.310 e. The summed E-state index contributed by atoms with van der Waals surface area (Å²) < 4.78 is 2.01. The highest BCUT2D eigenvalue weighted by molar-refractivity contribution is 5.79. The van der Waals surface area contributed by atoms with Crippen LogP contribution in [0.3, 0.4) is 0 Å². The molecule has 4 heteroatoms.